The van der Waals surface area contributed by atoms with Crippen LogP contribution in [-0.4, -0.2) is 40.7 Å². The van der Waals surface area contributed by atoms with E-state index in [1.807, 2.05) is 6.92 Å². The number of carboxylic acids is 1. The van der Waals surface area contributed by atoms with Gasteiger partial charge in [-0.2, -0.15) is 4.98 Å². The van der Waals surface area contributed by atoms with Crippen LogP contribution in [0.5, 0.6) is 5.88 Å². The van der Waals surface area contributed by atoms with Gasteiger partial charge in [0.05, 0.1) is 6.61 Å². The highest BCUT2D eigenvalue weighted by Gasteiger charge is 2.28. The second-order valence-corrected chi connectivity index (χ2v) is 6.59. The molecule has 0 radical (unpaired) electrons. The monoisotopic (exact) mass is 377 g/mol. The first-order valence-electron chi connectivity index (χ1n) is 8.82. The molecule has 1 atom stereocenters. The van der Waals surface area contributed by atoms with Gasteiger partial charge in [-0.15, -0.1) is 0 Å². The maximum absolute atomic E-state index is 14.7. The zero-order valence-corrected chi connectivity index (χ0v) is 15.2. The Hall–Kier alpha value is -2.77. The molecule has 1 aromatic carbocycles. The fourth-order valence-electron chi connectivity index (χ4n) is 3.34. The predicted molar refractivity (Wildman–Crippen MR) is 95.9 cm³/mol. The molecule has 144 valence electrons. The molecule has 1 aromatic heterocycles. The maximum Gasteiger partial charge on any atom is 0.303 e. The van der Waals surface area contributed by atoms with E-state index in [4.69, 9.17) is 9.84 Å². The molecule has 1 unspecified atom stereocenters. The Labute approximate surface area is 155 Å². The van der Waals surface area contributed by atoms with E-state index in [0.29, 0.717) is 37.7 Å². The van der Waals surface area contributed by atoms with E-state index in [1.165, 1.54) is 12.1 Å². The van der Waals surface area contributed by atoms with E-state index in [0.717, 1.165) is 0 Å². The van der Waals surface area contributed by atoms with E-state index in [9.17, 15) is 13.6 Å². The molecule has 6 nitrogen and oxygen atoms in total. The van der Waals surface area contributed by atoms with Crippen molar-refractivity contribution >= 4 is 11.7 Å². The Kier molecular flexibility index (Phi) is 5.53. The average molecular weight is 377 g/mol. The molecule has 0 spiro atoms. The first-order valence-corrected chi connectivity index (χ1v) is 8.82. The summed E-state index contributed by atoms with van der Waals surface area (Å²) in [5.74, 6) is -1.92. The van der Waals surface area contributed by atoms with E-state index in [2.05, 4.69) is 9.97 Å². The summed E-state index contributed by atoms with van der Waals surface area (Å²) in [4.78, 5) is 20.8. The van der Waals surface area contributed by atoms with Crippen LogP contribution in [0.15, 0.2) is 18.2 Å². The van der Waals surface area contributed by atoms with Crippen LogP contribution in [0.1, 0.15) is 25.5 Å². The van der Waals surface area contributed by atoms with Crippen molar-refractivity contribution in [3.05, 3.63) is 35.5 Å². The standard InChI is InChI=1S/C19H21F2N3O3/c1-3-27-16-6-11(2)22-19(23-16)13-8-14(20)18(15(21)9-13)24-5-4-12(10-24)7-17(25)26/h6,8-9,12H,3-5,7,10H2,1-2H3,(H,25,26). The SMILES string of the molecule is CCOc1cc(C)nc(-c2cc(F)c(N3CCC(CC(=O)O)C3)c(F)c2)n1. The summed E-state index contributed by atoms with van der Waals surface area (Å²) in [5.41, 5.74) is 0.716. The molecular formula is C19H21F2N3O3. The summed E-state index contributed by atoms with van der Waals surface area (Å²) in [6, 6.07) is 4.06. The maximum atomic E-state index is 14.7. The van der Waals surface area contributed by atoms with Gasteiger partial charge in [0.2, 0.25) is 5.88 Å². The molecule has 1 aliphatic rings. The third kappa shape index (κ3) is 4.32. The van der Waals surface area contributed by atoms with Crippen molar-refractivity contribution in [1.82, 2.24) is 9.97 Å². The number of hydrogen-bond acceptors (Lipinski definition) is 5. The number of nitrogens with zero attached hydrogens (tertiary/aromatic N) is 3. The highest BCUT2D eigenvalue weighted by Crippen LogP contribution is 2.33. The lowest BCUT2D eigenvalue weighted by atomic mass is 10.1. The predicted octanol–water partition coefficient (Wildman–Crippen LogP) is 3.43. The molecule has 1 fully saturated rings. The molecule has 2 aromatic rings. The van der Waals surface area contributed by atoms with Crippen LogP contribution in [0.4, 0.5) is 14.5 Å². The minimum absolute atomic E-state index is 0.00480. The molecule has 3 rings (SSSR count). The van der Waals surface area contributed by atoms with Crippen molar-refractivity contribution in [3.63, 3.8) is 0 Å². The van der Waals surface area contributed by atoms with Crippen molar-refractivity contribution in [3.8, 4) is 17.3 Å². The number of aryl methyl sites for hydroxylation is 1. The smallest absolute Gasteiger partial charge is 0.303 e. The Balaban J connectivity index is 1.89. The van der Waals surface area contributed by atoms with Gasteiger partial charge >= 0.3 is 5.97 Å². The van der Waals surface area contributed by atoms with E-state index in [-0.39, 0.29) is 29.4 Å². The summed E-state index contributed by atoms with van der Waals surface area (Å²) in [7, 11) is 0. The number of rotatable bonds is 6. The summed E-state index contributed by atoms with van der Waals surface area (Å²) in [5, 5.41) is 8.89. The second-order valence-electron chi connectivity index (χ2n) is 6.59. The van der Waals surface area contributed by atoms with Gasteiger partial charge in [0.1, 0.15) is 17.3 Å². The summed E-state index contributed by atoms with van der Waals surface area (Å²) >= 11 is 0. The van der Waals surface area contributed by atoms with Crippen molar-refractivity contribution in [2.24, 2.45) is 5.92 Å². The molecule has 0 aliphatic carbocycles. The van der Waals surface area contributed by atoms with Gasteiger partial charge in [0.25, 0.3) is 0 Å². The van der Waals surface area contributed by atoms with Crippen LogP contribution in [0.3, 0.4) is 0 Å². The quantitative estimate of drug-likeness (QED) is 0.831. The molecule has 0 bridgehead atoms. The first-order chi connectivity index (χ1) is 12.9. The number of carbonyl (C=O) groups is 1. The first kappa shape index (κ1) is 19.0. The van der Waals surface area contributed by atoms with Crippen molar-refractivity contribution in [2.45, 2.75) is 26.7 Å². The van der Waals surface area contributed by atoms with Gasteiger partial charge in [-0.3, -0.25) is 4.79 Å². The second kappa shape index (κ2) is 7.85. The third-order valence-corrected chi connectivity index (χ3v) is 4.46. The van der Waals surface area contributed by atoms with Gasteiger partial charge in [-0.25, -0.2) is 13.8 Å². The van der Waals surface area contributed by atoms with Crippen LogP contribution in [0.2, 0.25) is 0 Å². The number of anilines is 1. The largest absolute Gasteiger partial charge is 0.481 e. The highest BCUT2D eigenvalue weighted by molar-refractivity contribution is 5.67. The molecule has 1 saturated heterocycles. The Morgan fingerprint density at radius 2 is 2.00 bits per heavy atom. The molecule has 1 N–H and O–H groups in total. The van der Waals surface area contributed by atoms with Gasteiger partial charge in [0, 0.05) is 36.8 Å². The fraction of sp³-hybridized carbons (Fsp3) is 0.421. The molecule has 27 heavy (non-hydrogen) atoms. The lowest BCUT2D eigenvalue weighted by Crippen LogP contribution is -2.23. The van der Waals surface area contributed by atoms with Gasteiger partial charge in [-0.05, 0) is 38.3 Å². The van der Waals surface area contributed by atoms with Gasteiger partial charge in [-0.1, -0.05) is 0 Å². The van der Waals surface area contributed by atoms with E-state index < -0.39 is 17.6 Å². The Bertz CT molecular complexity index is 837. The van der Waals surface area contributed by atoms with Gasteiger partial charge in [0.15, 0.2) is 5.82 Å². The van der Waals surface area contributed by atoms with Crippen molar-refractivity contribution in [1.29, 1.82) is 0 Å². The number of ether oxygens (including phenoxy) is 1. The Morgan fingerprint density at radius 3 is 2.63 bits per heavy atom. The molecule has 2 heterocycles. The van der Waals surface area contributed by atoms with Crippen LogP contribution >= 0.6 is 0 Å². The molecule has 1 aliphatic heterocycles. The number of carboxylic acid groups (broad SMARTS) is 1. The molecule has 0 amide bonds. The topological polar surface area (TPSA) is 75.5 Å². The lowest BCUT2D eigenvalue weighted by Gasteiger charge is -2.20. The number of hydrogen-bond donors (Lipinski definition) is 1. The summed E-state index contributed by atoms with van der Waals surface area (Å²) in [6.45, 7) is 4.72. The third-order valence-electron chi connectivity index (χ3n) is 4.46. The summed E-state index contributed by atoms with van der Waals surface area (Å²) < 4.78 is 34.8. The van der Waals surface area contributed by atoms with Crippen molar-refractivity contribution < 1.29 is 23.4 Å². The normalized spacial score (nSPS) is 16.6. The number of aromatic nitrogens is 2. The zero-order valence-electron chi connectivity index (χ0n) is 15.2. The van der Waals surface area contributed by atoms with E-state index in [1.54, 1.807) is 17.9 Å². The minimum Gasteiger partial charge on any atom is -0.481 e. The zero-order chi connectivity index (χ0) is 19.6. The van der Waals surface area contributed by atoms with E-state index >= 15 is 0 Å². The fourth-order valence-corrected chi connectivity index (χ4v) is 3.34. The lowest BCUT2D eigenvalue weighted by molar-refractivity contribution is -0.137. The average Bonchev–Trinajstić information content (AvgIpc) is 3.01. The van der Waals surface area contributed by atoms with Crippen LogP contribution < -0.4 is 9.64 Å². The number of aliphatic carboxylic acids is 1. The van der Waals surface area contributed by atoms with Crippen LogP contribution in [0.25, 0.3) is 11.4 Å². The van der Waals surface area contributed by atoms with Gasteiger partial charge < -0.3 is 14.7 Å². The minimum atomic E-state index is -0.903. The van der Waals surface area contributed by atoms with Crippen LogP contribution in [0, 0.1) is 24.5 Å². The number of halogens is 2. The summed E-state index contributed by atoms with van der Waals surface area (Å²) in [6.07, 6.45) is 0.584. The van der Waals surface area contributed by atoms with Crippen molar-refractivity contribution in [2.75, 3.05) is 24.6 Å². The molecular weight excluding hydrogens is 356 g/mol. The molecule has 0 saturated carbocycles. The Morgan fingerprint density at radius 1 is 1.30 bits per heavy atom. The van der Waals surface area contributed by atoms with Crippen LogP contribution in [-0.2, 0) is 4.79 Å². The molecule has 8 heteroatoms. The number of benzene rings is 1. The highest BCUT2D eigenvalue weighted by atomic mass is 19.1.